The van der Waals surface area contributed by atoms with Gasteiger partial charge in [-0.15, -0.1) is 0 Å². The number of rotatable bonds is 2. The molecule has 0 amide bonds. The summed E-state index contributed by atoms with van der Waals surface area (Å²) in [7, 11) is 0. The van der Waals surface area contributed by atoms with Crippen molar-refractivity contribution in [3.05, 3.63) is 35.4 Å². The van der Waals surface area contributed by atoms with E-state index in [9.17, 15) is 4.79 Å². The molecule has 0 aliphatic carbocycles. The van der Waals surface area contributed by atoms with E-state index in [4.69, 9.17) is 4.74 Å². The molecule has 0 fully saturated rings. The van der Waals surface area contributed by atoms with Crippen LogP contribution in [0.15, 0.2) is 24.3 Å². The van der Waals surface area contributed by atoms with Gasteiger partial charge in [-0.25, -0.2) is 4.79 Å². The quantitative estimate of drug-likeness (QED) is 0.624. The van der Waals surface area contributed by atoms with Crippen molar-refractivity contribution in [1.29, 1.82) is 0 Å². The standard InChI is InChI=1S/C10H12O2/c1-3-12-10(11)9-6-4-8(2)5-7-9/h4-7H,3H2,1-2H3/i2-1. The highest BCUT2D eigenvalue weighted by Crippen LogP contribution is 2.04. The van der Waals surface area contributed by atoms with Crippen LogP contribution < -0.4 is 0 Å². The van der Waals surface area contributed by atoms with Gasteiger partial charge < -0.3 is 4.74 Å². The van der Waals surface area contributed by atoms with Gasteiger partial charge in [-0.1, -0.05) is 17.7 Å². The predicted octanol–water partition coefficient (Wildman–Crippen LogP) is 2.17. The third-order valence-corrected chi connectivity index (χ3v) is 1.56. The molecule has 2 heteroatoms. The largest absolute Gasteiger partial charge is 0.462 e. The molecule has 0 aliphatic heterocycles. The first-order valence-corrected chi connectivity index (χ1v) is 3.98. The second-order valence-electron chi connectivity index (χ2n) is 2.59. The minimum atomic E-state index is -0.252. The third kappa shape index (κ3) is 2.09. The molecule has 0 saturated carbocycles. The number of carbonyl (C=O) groups excluding carboxylic acids is 1. The second kappa shape index (κ2) is 3.90. The lowest BCUT2D eigenvalue weighted by Crippen LogP contribution is -2.03. The highest BCUT2D eigenvalue weighted by atomic mass is 16.5. The molecule has 64 valence electrons. The summed E-state index contributed by atoms with van der Waals surface area (Å²) in [6.45, 7) is 4.20. The zero-order valence-corrected chi connectivity index (χ0v) is 7.33. The van der Waals surface area contributed by atoms with E-state index in [1.54, 1.807) is 19.1 Å². The van der Waals surface area contributed by atoms with Gasteiger partial charge in [-0.05, 0) is 26.0 Å². The van der Waals surface area contributed by atoms with Crippen molar-refractivity contribution < 1.29 is 9.53 Å². The fourth-order valence-corrected chi connectivity index (χ4v) is 0.904. The highest BCUT2D eigenvalue weighted by Gasteiger charge is 2.03. The zero-order chi connectivity index (χ0) is 8.97. The van der Waals surface area contributed by atoms with Crippen molar-refractivity contribution in [2.75, 3.05) is 6.61 Å². The van der Waals surface area contributed by atoms with E-state index in [-0.39, 0.29) is 5.97 Å². The summed E-state index contributed by atoms with van der Waals surface area (Å²) in [5.74, 6) is -0.252. The zero-order valence-electron chi connectivity index (χ0n) is 7.33. The van der Waals surface area contributed by atoms with E-state index in [0.717, 1.165) is 5.56 Å². The van der Waals surface area contributed by atoms with Crippen LogP contribution in [0.1, 0.15) is 22.8 Å². The summed E-state index contributed by atoms with van der Waals surface area (Å²) in [5.41, 5.74) is 1.76. The van der Waals surface area contributed by atoms with Gasteiger partial charge in [0, 0.05) is 0 Å². The second-order valence-corrected chi connectivity index (χ2v) is 2.59. The maximum atomic E-state index is 11.1. The topological polar surface area (TPSA) is 26.3 Å². The lowest BCUT2D eigenvalue weighted by Gasteiger charge is -2.00. The fraction of sp³-hybridized carbons (Fsp3) is 0.300. The summed E-state index contributed by atoms with van der Waals surface area (Å²) >= 11 is 0. The molecule has 0 aliphatic rings. The van der Waals surface area contributed by atoms with E-state index in [2.05, 4.69) is 0 Å². The number of ether oxygens (including phenoxy) is 1. The van der Waals surface area contributed by atoms with Crippen LogP contribution in [0.25, 0.3) is 0 Å². The van der Waals surface area contributed by atoms with Crippen LogP contribution in [0, 0.1) is 6.92 Å². The molecule has 0 aromatic heterocycles. The average Bonchev–Trinajstić information content (AvgIpc) is 2.06. The maximum Gasteiger partial charge on any atom is 0.338 e. The van der Waals surface area contributed by atoms with Crippen molar-refractivity contribution in [3.63, 3.8) is 0 Å². The third-order valence-electron chi connectivity index (χ3n) is 1.56. The van der Waals surface area contributed by atoms with Gasteiger partial charge in [0.1, 0.15) is 0 Å². The Morgan fingerprint density at radius 1 is 1.33 bits per heavy atom. The van der Waals surface area contributed by atoms with Gasteiger partial charge in [0.05, 0.1) is 12.2 Å². The smallest absolute Gasteiger partial charge is 0.338 e. The number of esters is 1. The highest BCUT2D eigenvalue weighted by molar-refractivity contribution is 5.89. The van der Waals surface area contributed by atoms with Gasteiger partial charge in [0.25, 0.3) is 0 Å². The molecule has 12 heavy (non-hydrogen) atoms. The summed E-state index contributed by atoms with van der Waals surface area (Å²) in [6.07, 6.45) is 0. The Kier molecular flexibility index (Phi) is 2.86. The minimum Gasteiger partial charge on any atom is -0.462 e. The Hall–Kier alpha value is -1.31. The molecular formula is C10H12O2. The molecule has 1 aromatic carbocycles. The van der Waals surface area contributed by atoms with Crippen LogP contribution in [-0.4, -0.2) is 12.6 Å². The molecular weight excluding hydrogens is 151 g/mol. The summed E-state index contributed by atoms with van der Waals surface area (Å²) in [4.78, 5) is 11.1. The lowest BCUT2D eigenvalue weighted by atomic mass is 10.0. The number of carbonyl (C=O) groups is 1. The summed E-state index contributed by atoms with van der Waals surface area (Å²) in [6, 6.07) is 7.33. The monoisotopic (exact) mass is 163 g/mol. The minimum absolute atomic E-state index is 0.252. The molecule has 0 spiro atoms. The molecule has 2 nitrogen and oxygen atoms in total. The first kappa shape index (κ1) is 8.78. The Morgan fingerprint density at radius 2 is 1.92 bits per heavy atom. The van der Waals surface area contributed by atoms with E-state index in [1.807, 2.05) is 19.1 Å². The maximum absolute atomic E-state index is 11.1. The molecule has 0 bridgehead atoms. The average molecular weight is 163 g/mol. The van der Waals surface area contributed by atoms with Gasteiger partial charge in [-0.2, -0.15) is 0 Å². The van der Waals surface area contributed by atoms with Gasteiger partial charge in [0.15, 0.2) is 0 Å². The molecule has 1 aromatic rings. The van der Waals surface area contributed by atoms with Gasteiger partial charge >= 0.3 is 5.97 Å². The van der Waals surface area contributed by atoms with Crippen LogP contribution in [0.2, 0.25) is 0 Å². The first-order valence-electron chi connectivity index (χ1n) is 3.98. The number of hydrogen-bond donors (Lipinski definition) is 0. The molecule has 0 atom stereocenters. The van der Waals surface area contributed by atoms with Crippen molar-refractivity contribution in [3.8, 4) is 0 Å². The molecule has 0 heterocycles. The predicted molar refractivity (Wildman–Crippen MR) is 47.1 cm³/mol. The van der Waals surface area contributed by atoms with E-state index in [0.29, 0.717) is 12.2 Å². The normalized spacial score (nSPS) is 9.50. The Bertz CT molecular complexity index is 262. The summed E-state index contributed by atoms with van der Waals surface area (Å²) in [5, 5.41) is 0. The first-order chi connectivity index (χ1) is 5.74. The van der Waals surface area contributed by atoms with Crippen LogP contribution in [-0.2, 0) is 4.74 Å². The van der Waals surface area contributed by atoms with Crippen molar-refractivity contribution in [1.82, 2.24) is 0 Å². The number of benzene rings is 1. The van der Waals surface area contributed by atoms with Gasteiger partial charge in [-0.3, -0.25) is 0 Å². The Balaban J connectivity index is 2.75. The molecule has 0 saturated heterocycles. The van der Waals surface area contributed by atoms with Crippen LogP contribution >= 0.6 is 0 Å². The number of aryl methyl sites for hydroxylation is 1. The van der Waals surface area contributed by atoms with Gasteiger partial charge in [0.2, 0.25) is 0 Å². The number of hydrogen-bond acceptors (Lipinski definition) is 2. The fourth-order valence-electron chi connectivity index (χ4n) is 0.904. The van der Waals surface area contributed by atoms with Crippen molar-refractivity contribution in [2.45, 2.75) is 13.8 Å². The van der Waals surface area contributed by atoms with Crippen molar-refractivity contribution >= 4 is 5.97 Å². The molecule has 0 N–H and O–H groups in total. The van der Waals surface area contributed by atoms with Crippen LogP contribution in [0.4, 0.5) is 0 Å². The van der Waals surface area contributed by atoms with E-state index in [1.165, 1.54) is 0 Å². The Morgan fingerprint density at radius 3 is 2.42 bits per heavy atom. The SMILES string of the molecule is CCOC(=O)c1ccc([11CH3])cc1. The van der Waals surface area contributed by atoms with Crippen LogP contribution in [0.3, 0.4) is 0 Å². The lowest BCUT2D eigenvalue weighted by molar-refractivity contribution is 0.0526. The van der Waals surface area contributed by atoms with E-state index < -0.39 is 0 Å². The van der Waals surface area contributed by atoms with Crippen LogP contribution in [0.5, 0.6) is 0 Å². The van der Waals surface area contributed by atoms with Crippen molar-refractivity contribution in [2.24, 2.45) is 0 Å². The van der Waals surface area contributed by atoms with E-state index >= 15 is 0 Å². The Labute approximate surface area is 72.2 Å². The molecule has 0 unspecified atom stereocenters. The summed E-state index contributed by atoms with van der Waals surface area (Å²) < 4.78 is 4.83. The molecule has 1 rings (SSSR count). The molecule has 0 radical (unpaired) electrons.